The topological polar surface area (TPSA) is 0 Å². The summed E-state index contributed by atoms with van der Waals surface area (Å²) in [5.74, 6) is 0. The fourth-order valence-corrected chi connectivity index (χ4v) is 4.72. The van der Waals surface area contributed by atoms with E-state index in [0.717, 1.165) is 12.8 Å². The Morgan fingerprint density at radius 3 is 2.17 bits per heavy atom. The average molecular weight is 256 g/mol. The second-order valence-corrected chi connectivity index (χ2v) is 11.4. The highest BCUT2D eigenvalue weighted by molar-refractivity contribution is 6.84. The van der Waals surface area contributed by atoms with Crippen molar-refractivity contribution in [1.29, 1.82) is 0 Å². The van der Waals surface area contributed by atoms with Gasteiger partial charge < -0.3 is 0 Å². The molecule has 0 nitrogen and oxygen atoms in total. The average Bonchev–Trinajstić information content (AvgIpc) is 2.71. The van der Waals surface area contributed by atoms with Crippen LogP contribution in [-0.4, -0.2) is 8.07 Å². The fraction of sp³-hybridized carbons (Fsp3) is 0.412. The predicted molar refractivity (Wildman–Crippen MR) is 83.7 cm³/mol. The monoisotopic (exact) mass is 256 g/mol. The predicted octanol–water partition coefficient (Wildman–Crippen LogP) is 4.98. The highest BCUT2D eigenvalue weighted by Gasteiger charge is 2.25. The van der Waals surface area contributed by atoms with Gasteiger partial charge in [0.15, 0.2) is 0 Å². The molecule has 2 rings (SSSR count). The molecular weight excluding hydrogens is 232 g/mol. The van der Waals surface area contributed by atoms with Crippen molar-refractivity contribution in [2.75, 3.05) is 0 Å². The van der Waals surface area contributed by atoms with E-state index in [4.69, 9.17) is 0 Å². The first-order valence-corrected chi connectivity index (χ1v) is 10.3. The van der Waals surface area contributed by atoms with Crippen molar-refractivity contribution in [3.63, 3.8) is 0 Å². The Labute approximate surface area is 112 Å². The number of benzene rings is 1. The van der Waals surface area contributed by atoms with Gasteiger partial charge in [0.05, 0.1) is 8.07 Å². The Bertz CT molecular complexity index is 493. The van der Waals surface area contributed by atoms with E-state index in [1.165, 1.54) is 16.7 Å². The molecule has 1 aliphatic carbocycles. The first-order chi connectivity index (χ1) is 8.39. The van der Waals surface area contributed by atoms with E-state index in [1.807, 2.05) is 0 Å². The zero-order valence-corrected chi connectivity index (χ0v) is 13.3. The third kappa shape index (κ3) is 2.67. The molecule has 0 fully saturated rings. The van der Waals surface area contributed by atoms with E-state index in [1.54, 1.807) is 10.8 Å². The van der Waals surface area contributed by atoms with Gasteiger partial charge in [0.2, 0.25) is 0 Å². The number of allylic oxidation sites excluding steroid dienone is 4. The van der Waals surface area contributed by atoms with Gasteiger partial charge in [-0.15, -0.1) is 0 Å². The van der Waals surface area contributed by atoms with Crippen LogP contribution in [0, 0.1) is 13.8 Å². The largest absolute Gasteiger partial charge is 0.0812 e. The van der Waals surface area contributed by atoms with Crippen LogP contribution in [0.5, 0.6) is 0 Å². The van der Waals surface area contributed by atoms with Crippen molar-refractivity contribution in [3.05, 3.63) is 57.8 Å². The SMILES string of the molecule is Cc1cccc(C)c1CC1=CCC=C1[Si](C)(C)C. The standard InChI is InChI=1S/C17H24Si/c1-13-8-6-9-14(2)16(13)12-15-10-7-11-17(15)18(3,4)5/h6,8-11H,7,12H2,1-5H3. The van der Waals surface area contributed by atoms with Gasteiger partial charge in [-0.1, -0.05) is 55.2 Å². The van der Waals surface area contributed by atoms with Gasteiger partial charge in [-0.3, -0.25) is 0 Å². The van der Waals surface area contributed by atoms with E-state index < -0.39 is 8.07 Å². The summed E-state index contributed by atoms with van der Waals surface area (Å²) in [4.78, 5) is 0. The first kappa shape index (κ1) is 13.4. The molecule has 0 spiro atoms. The normalized spacial score (nSPS) is 15.6. The van der Waals surface area contributed by atoms with Gasteiger partial charge in [-0.05, 0) is 49.0 Å². The smallest absolute Gasteiger partial charge is 0.0775 e. The molecule has 1 aliphatic rings. The minimum Gasteiger partial charge on any atom is -0.0812 e. The summed E-state index contributed by atoms with van der Waals surface area (Å²) < 4.78 is 0. The molecule has 1 aromatic carbocycles. The fourth-order valence-electron chi connectivity index (χ4n) is 2.83. The summed E-state index contributed by atoms with van der Waals surface area (Å²) in [6, 6.07) is 6.62. The minimum atomic E-state index is -1.18. The van der Waals surface area contributed by atoms with Crippen LogP contribution in [-0.2, 0) is 6.42 Å². The van der Waals surface area contributed by atoms with Gasteiger partial charge in [0.25, 0.3) is 0 Å². The summed E-state index contributed by atoms with van der Waals surface area (Å²) in [5, 5.41) is 1.67. The Balaban J connectivity index is 2.29. The molecule has 0 saturated carbocycles. The summed E-state index contributed by atoms with van der Waals surface area (Å²) >= 11 is 0. The summed E-state index contributed by atoms with van der Waals surface area (Å²) in [7, 11) is -1.18. The number of aryl methyl sites for hydroxylation is 2. The van der Waals surface area contributed by atoms with Crippen LogP contribution in [0.4, 0.5) is 0 Å². The molecule has 0 N–H and O–H groups in total. The van der Waals surface area contributed by atoms with Gasteiger partial charge in [-0.2, -0.15) is 0 Å². The van der Waals surface area contributed by atoms with Crippen molar-refractivity contribution < 1.29 is 0 Å². The lowest BCUT2D eigenvalue weighted by molar-refractivity contribution is 1.11. The molecule has 18 heavy (non-hydrogen) atoms. The van der Waals surface area contributed by atoms with Crippen molar-refractivity contribution in [2.45, 2.75) is 46.3 Å². The van der Waals surface area contributed by atoms with Crippen molar-refractivity contribution in [2.24, 2.45) is 0 Å². The maximum Gasteiger partial charge on any atom is 0.0775 e. The Morgan fingerprint density at radius 2 is 1.61 bits per heavy atom. The second-order valence-electron chi connectivity index (χ2n) is 6.38. The third-order valence-corrected chi connectivity index (χ3v) is 5.99. The number of hydrogen-bond acceptors (Lipinski definition) is 0. The van der Waals surface area contributed by atoms with E-state index in [-0.39, 0.29) is 0 Å². The molecule has 0 aromatic heterocycles. The second kappa shape index (κ2) is 4.89. The zero-order chi connectivity index (χ0) is 13.3. The van der Waals surface area contributed by atoms with Gasteiger partial charge in [0, 0.05) is 0 Å². The molecule has 0 saturated heterocycles. The van der Waals surface area contributed by atoms with Crippen LogP contribution >= 0.6 is 0 Å². The molecule has 0 atom stereocenters. The van der Waals surface area contributed by atoms with Crippen LogP contribution in [0.2, 0.25) is 19.6 Å². The molecule has 1 aromatic rings. The third-order valence-electron chi connectivity index (χ3n) is 3.85. The molecule has 0 aliphatic heterocycles. The van der Waals surface area contributed by atoms with Gasteiger partial charge >= 0.3 is 0 Å². The number of rotatable bonds is 3. The molecule has 0 amide bonds. The maximum absolute atomic E-state index is 2.45. The zero-order valence-electron chi connectivity index (χ0n) is 12.3. The summed E-state index contributed by atoms with van der Waals surface area (Å²) in [6.45, 7) is 11.8. The van der Waals surface area contributed by atoms with Crippen LogP contribution in [0.15, 0.2) is 41.1 Å². The Morgan fingerprint density at radius 1 is 1.00 bits per heavy atom. The molecule has 0 heterocycles. The molecular formula is C17H24Si. The minimum absolute atomic E-state index is 1.12. The maximum atomic E-state index is 2.45. The van der Waals surface area contributed by atoms with Crippen LogP contribution in [0.25, 0.3) is 0 Å². The van der Waals surface area contributed by atoms with Gasteiger partial charge in [-0.25, -0.2) is 0 Å². The lowest BCUT2D eigenvalue weighted by Gasteiger charge is -2.22. The molecule has 1 heteroatoms. The van der Waals surface area contributed by atoms with Crippen molar-refractivity contribution in [1.82, 2.24) is 0 Å². The van der Waals surface area contributed by atoms with E-state index in [0.29, 0.717) is 0 Å². The Kier molecular flexibility index (Phi) is 3.63. The van der Waals surface area contributed by atoms with Crippen molar-refractivity contribution >= 4 is 8.07 Å². The summed E-state index contributed by atoms with van der Waals surface area (Å²) in [6.07, 6.45) is 7.14. The van der Waals surface area contributed by atoms with Crippen LogP contribution in [0.3, 0.4) is 0 Å². The van der Waals surface area contributed by atoms with E-state index in [2.05, 4.69) is 63.8 Å². The van der Waals surface area contributed by atoms with E-state index >= 15 is 0 Å². The summed E-state index contributed by atoms with van der Waals surface area (Å²) in [5.41, 5.74) is 5.97. The Hall–Kier alpha value is -1.08. The molecule has 0 radical (unpaired) electrons. The lowest BCUT2D eigenvalue weighted by atomic mass is 9.96. The van der Waals surface area contributed by atoms with Gasteiger partial charge in [0.1, 0.15) is 0 Å². The first-order valence-electron chi connectivity index (χ1n) is 6.84. The molecule has 96 valence electrons. The quantitative estimate of drug-likeness (QED) is 0.669. The molecule has 0 unspecified atom stereocenters. The van der Waals surface area contributed by atoms with Crippen molar-refractivity contribution in [3.8, 4) is 0 Å². The highest BCUT2D eigenvalue weighted by Crippen LogP contribution is 2.32. The molecule has 0 bridgehead atoms. The lowest BCUT2D eigenvalue weighted by Crippen LogP contribution is -2.25. The number of hydrogen-bond donors (Lipinski definition) is 0. The van der Waals surface area contributed by atoms with Crippen LogP contribution < -0.4 is 0 Å². The highest BCUT2D eigenvalue weighted by atomic mass is 28.3. The van der Waals surface area contributed by atoms with E-state index in [9.17, 15) is 0 Å². The van der Waals surface area contributed by atoms with Crippen LogP contribution in [0.1, 0.15) is 23.1 Å².